The minimum Gasteiger partial charge on any atom is -0.424 e. The first-order valence-corrected chi connectivity index (χ1v) is 4.14. The molecule has 1 aromatic carbocycles. The zero-order valence-electron chi connectivity index (χ0n) is 7.62. The van der Waals surface area contributed by atoms with Gasteiger partial charge in [0, 0.05) is 5.56 Å². The van der Waals surface area contributed by atoms with Crippen LogP contribution in [-0.2, 0) is 0 Å². The molecule has 0 bridgehead atoms. The Morgan fingerprint density at radius 2 is 2.21 bits per heavy atom. The lowest BCUT2D eigenvalue weighted by Crippen LogP contribution is -1.83. The summed E-state index contributed by atoms with van der Waals surface area (Å²) in [5.74, 6) is 0.290. The van der Waals surface area contributed by atoms with Crippen LogP contribution in [0.5, 0.6) is 0 Å². The monoisotopic (exact) mass is 192 g/mol. The van der Waals surface area contributed by atoms with Gasteiger partial charge in [0.2, 0.25) is 0 Å². The fraction of sp³-hybridized carbons (Fsp3) is 0.100. The van der Waals surface area contributed by atoms with E-state index in [0.717, 1.165) is 11.1 Å². The number of benzene rings is 1. The maximum Gasteiger partial charge on any atom is 0.292 e. The van der Waals surface area contributed by atoms with Crippen LogP contribution in [0.15, 0.2) is 28.8 Å². The van der Waals surface area contributed by atoms with Gasteiger partial charge < -0.3 is 10.2 Å². The van der Waals surface area contributed by atoms with Gasteiger partial charge in [0.15, 0.2) is 5.76 Å². The maximum absolute atomic E-state index is 12.8. The van der Waals surface area contributed by atoms with Crippen LogP contribution in [0.3, 0.4) is 0 Å². The van der Waals surface area contributed by atoms with Crippen molar-refractivity contribution in [3.8, 4) is 11.3 Å². The van der Waals surface area contributed by atoms with Crippen LogP contribution in [0.2, 0.25) is 0 Å². The Bertz CT molecular complexity index is 465. The summed E-state index contributed by atoms with van der Waals surface area (Å²) in [5, 5.41) is 0. The molecule has 2 aromatic rings. The van der Waals surface area contributed by atoms with Crippen molar-refractivity contribution in [1.29, 1.82) is 0 Å². The molecule has 0 aliphatic carbocycles. The predicted molar refractivity (Wildman–Crippen MR) is 51.0 cm³/mol. The Balaban J connectivity index is 2.52. The molecule has 0 spiro atoms. The normalized spacial score (nSPS) is 10.4. The summed E-state index contributed by atoms with van der Waals surface area (Å²) in [6.45, 7) is 1.80. The number of halogens is 1. The van der Waals surface area contributed by atoms with Gasteiger partial charge in [0.1, 0.15) is 5.82 Å². The molecule has 4 heteroatoms. The first kappa shape index (κ1) is 8.74. The first-order valence-electron chi connectivity index (χ1n) is 4.14. The minimum absolute atomic E-state index is 0.115. The Morgan fingerprint density at radius 3 is 2.79 bits per heavy atom. The van der Waals surface area contributed by atoms with E-state index in [1.807, 2.05) is 0 Å². The highest BCUT2D eigenvalue weighted by Gasteiger charge is 2.07. The number of oxazole rings is 1. The third-order valence-corrected chi connectivity index (χ3v) is 1.98. The zero-order chi connectivity index (χ0) is 10.1. The lowest BCUT2D eigenvalue weighted by molar-refractivity contribution is 0.593. The fourth-order valence-electron chi connectivity index (χ4n) is 1.32. The van der Waals surface area contributed by atoms with Crippen molar-refractivity contribution in [2.24, 2.45) is 0 Å². The molecule has 2 N–H and O–H groups in total. The van der Waals surface area contributed by atoms with E-state index >= 15 is 0 Å². The molecule has 0 radical (unpaired) electrons. The third kappa shape index (κ3) is 1.46. The van der Waals surface area contributed by atoms with Gasteiger partial charge in [-0.1, -0.05) is 0 Å². The molecule has 0 amide bonds. The fourth-order valence-corrected chi connectivity index (χ4v) is 1.32. The SMILES string of the molecule is Cc1cc(F)ccc1-c1cnc(N)o1. The summed E-state index contributed by atoms with van der Waals surface area (Å²) in [5.41, 5.74) is 6.94. The van der Waals surface area contributed by atoms with Gasteiger partial charge in [0.05, 0.1) is 6.20 Å². The third-order valence-electron chi connectivity index (χ3n) is 1.98. The molecule has 2 rings (SSSR count). The molecule has 0 aliphatic rings. The largest absolute Gasteiger partial charge is 0.424 e. The van der Waals surface area contributed by atoms with Gasteiger partial charge in [-0.05, 0) is 30.7 Å². The number of hydrogen-bond acceptors (Lipinski definition) is 3. The van der Waals surface area contributed by atoms with E-state index in [9.17, 15) is 4.39 Å². The molecule has 0 saturated heterocycles. The molecule has 0 atom stereocenters. The number of anilines is 1. The molecule has 72 valence electrons. The summed E-state index contributed by atoms with van der Waals surface area (Å²) in [6, 6.07) is 4.57. The van der Waals surface area contributed by atoms with Crippen molar-refractivity contribution < 1.29 is 8.81 Å². The van der Waals surface area contributed by atoms with Crippen LogP contribution in [0.1, 0.15) is 5.56 Å². The van der Waals surface area contributed by atoms with Gasteiger partial charge in [0.25, 0.3) is 6.01 Å². The second-order valence-corrected chi connectivity index (χ2v) is 3.02. The summed E-state index contributed by atoms with van der Waals surface area (Å²) < 4.78 is 17.9. The van der Waals surface area contributed by atoms with E-state index in [-0.39, 0.29) is 11.8 Å². The smallest absolute Gasteiger partial charge is 0.292 e. The average molecular weight is 192 g/mol. The van der Waals surface area contributed by atoms with E-state index < -0.39 is 0 Å². The Kier molecular flexibility index (Phi) is 1.96. The Morgan fingerprint density at radius 1 is 1.43 bits per heavy atom. The molecular weight excluding hydrogens is 183 g/mol. The van der Waals surface area contributed by atoms with Crippen LogP contribution >= 0.6 is 0 Å². The van der Waals surface area contributed by atoms with Crippen LogP contribution in [0.25, 0.3) is 11.3 Å². The summed E-state index contributed by atoms with van der Waals surface area (Å²) >= 11 is 0. The van der Waals surface area contributed by atoms with Gasteiger partial charge in [-0.15, -0.1) is 0 Å². The second kappa shape index (κ2) is 3.14. The summed E-state index contributed by atoms with van der Waals surface area (Å²) in [6.07, 6.45) is 1.52. The minimum atomic E-state index is -0.265. The second-order valence-electron chi connectivity index (χ2n) is 3.02. The van der Waals surface area contributed by atoms with E-state index in [1.54, 1.807) is 13.0 Å². The topological polar surface area (TPSA) is 52.0 Å². The lowest BCUT2D eigenvalue weighted by Gasteiger charge is -2.00. The highest BCUT2D eigenvalue weighted by atomic mass is 19.1. The number of nitrogens with two attached hydrogens (primary N) is 1. The quantitative estimate of drug-likeness (QED) is 0.754. The van der Waals surface area contributed by atoms with E-state index in [1.165, 1.54) is 18.3 Å². The highest BCUT2D eigenvalue weighted by molar-refractivity contribution is 5.61. The van der Waals surface area contributed by atoms with Crippen molar-refractivity contribution in [3.63, 3.8) is 0 Å². The van der Waals surface area contributed by atoms with Gasteiger partial charge in [-0.2, -0.15) is 0 Å². The number of aryl methyl sites for hydroxylation is 1. The Labute approximate surface area is 80.4 Å². The van der Waals surface area contributed by atoms with Crippen LogP contribution < -0.4 is 5.73 Å². The van der Waals surface area contributed by atoms with E-state index in [0.29, 0.717) is 5.76 Å². The summed E-state index contributed by atoms with van der Waals surface area (Å²) in [4.78, 5) is 3.77. The van der Waals surface area contributed by atoms with Crippen LogP contribution in [0.4, 0.5) is 10.4 Å². The molecule has 3 nitrogen and oxygen atoms in total. The Hall–Kier alpha value is -1.84. The number of rotatable bonds is 1. The number of hydrogen-bond donors (Lipinski definition) is 1. The standard InChI is InChI=1S/C10H9FN2O/c1-6-4-7(11)2-3-8(6)9-5-13-10(12)14-9/h2-5H,1H3,(H2,12,13). The van der Waals surface area contributed by atoms with Crippen molar-refractivity contribution in [1.82, 2.24) is 4.98 Å². The van der Waals surface area contributed by atoms with Crippen molar-refractivity contribution in [3.05, 3.63) is 35.8 Å². The number of aromatic nitrogens is 1. The van der Waals surface area contributed by atoms with Crippen molar-refractivity contribution in [2.75, 3.05) is 5.73 Å². The molecule has 14 heavy (non-hydrogen) atoms. The molecule has 0 aliphatic heterocycles. The highest BCUT2D eigenvalue weighted by Crippen LogP contribution is 2.25. The van der Waals surface area contributed by atoms with Gasteiger partial charge in [-0.3, -0.25) is 0 Å². The molecule has 0 unspecified atom stereocenters. The molecule has 1 heterocycles. The molecule has 0 fully saturated rings. The summed E-state index contributed by atoms with van der Waals surface area (Å²) in [7, 11) is 0. The maximum atomic E-state index is 12.8. The van der Waals surface area contributed by atoms with Gasteiger partial charge >= 0.3 is 0 Å². The number of nitrogens with zero attached hydrogens (tertiary/aromatic N) is 1. The molecular formula is C10H9FN2O. The van der Waals surface area contributed by atoms with Crippen LogP contribution in [-0.4, -0.2) is 4.98 Å². The van der Waals surface area contributed by atoms with Gasteiger partial charge in [-0.25, -0.2) is 9.37 Å². The predicted octanol–water partition coefficient (Wildman–Crippen LogP) is 2.37. The van der Waals surface area contributed by atoms with Crippen LogP contribution in [0, 0.1) is 12.7 Å². The lowest BCUT2D eigenvalue weighted by atomic mass is 10.1. The van der Waals surface area contributed by atoms with E-state index in [2.05, 4.69) is 4.98 Å². The van der Waals surface area contributed by atoms with Crippen molar-refractivity contribution >= 4 is 6.01 Å². The zero-order valence-corrected chi connectivity index (χ0v) is 7.62. The number of nitrogen functional groups attached to an aromatic ring is 1. The molecule has 0 saturated carbocycles. The molecule has 1 aromatic heterocycles. The average Bonchev–Trinajstić information content (AvgIpc) is 2.51. The first-order chi connectivity index (χ1) is 6.66. The van der Waals surface area contributed by atoms with Crippen molar-refractivity contribution in [2.45, 2.75) is 6.92 Å². The van der Waals surface area contributed by atoms with E-state index in [4.69, 9.17) is 10.2 Å².